The van der Waals surface area contributed by atoms with Crippen LogP contribution in [-0.4, -0.2) is 24.0 Å². The maximum Gasteiger partial charge on any atom is 0.127 e. The molecule has 0 aliphatic heterocycles. The van der Waals surface area contributed by atoms with Gasteiger partial charge in [-0.1, -0.05) is 32.0 Å². The predicted molar refractivity (Wildman–Crippen MR) is 81.9 cm³/mol. The first-order chi connectivity index (χ1) is 9.38. The number of rotatable bonds is 4. The average molecular weight is 278 g/mol. The van der Waals surface area contributed by atoms with Gasteiger partial charge in [0.1, 0.15) is 5.82 Å². The summed E-state index contributed by atoms with van der Waals surface area (Å²) in [6.07, 6.45) is 4.57. The Labute approximate surface area is 122 Å². The summed E-state index contributed by atoms with van der Waals surface area (Å²) in [4.78, 5) is 2.26. The third-order valence-corrected chi connectivity index (χ3v) is 5.09. The second-order valence-electron chi connectivity index (χ2n) is 7.04. The van der Waals surface area contributed by atoms with Gasteiger partial charge in [0.15, 0.2) is 0 Å². The van der Waals surface area contributed by atoms with Crippen LogP contribution >= 0.6 is 0 Å². The van der Waals surface area contributed by atoms with Gasteiger partial charge in [0.25, 0.3) is 0 Å². The molecule has 0 saturated heterocycles. The van der Waals surface area contributed by atoms with Crippen molar-refractivity contribution in [1.82, 2.24) is 4.90 Å². The van der Waals surface area contributed by atoms with Gasteiger partial charge in [0.2, 0.25) is 0 Å². The third-order valence-electron chi connectivity index (χ3n) is 5.09. The van der Waals surface area contributed by atoms with Crippen LogP contribution in [0.1, 0.15) is 45.1 Å². The van der Waals surface area contributed by atoms with Crippen molar-refractivity contribution < 1.29 is 4.39 Å². The number of nitrogens with two attached hydrogens (primary N) is 1. The molecular weight excluding hydrogens is 251 g/mol. The van der Waals surface area contributed by atoms with Crippen molar-refractivity contribution in [3.05, 3.63) is 35.6 Å². The Kier molecular flexibility index (Phi) is 4.50. The van der Waals surface area contributed by atoms with Crippen molar-refractivity contribution in [1.29, 1.82) is 0 Å². The van der Waals surface area contributed by atoms with E-state index in [-0.39, 0.29) is 11.4 Å². The summed E-state index contributed by atoms with van der Waals surface area (Å²) >= 11 is 0. The van der Waals surface area contributed by atoms with E-state index >= 15 is 0 Å². The molecule has 1 aromatic carbocycles. The maximum atomic E-state index is 13.8. The molecule has 0 heterocycles. The lowest BCUT2D eigenvalue weighted by Gasteiger charge is -2.48. The van der Waals surface area contributed by atoms with Gasteiger partial charge in [-0.05, 0) is 44.2 Å². The molecular formula is C17H27FN2. The van der Waals surface area contributed by atoms with E-state index in [4.69, 9.17) is 5.73 Å². The number of hydrogen-bond acceptors (Lipinski definition) is 2. The zero-order chi connectivity index (χ0) is 14.8. The first-order valence-corrected chi connectivity index (χ1v) is 7.53. The highest BCUT2D eigenvalue weighted by Gasteiger charge is 2.40. The standard InChI is InChI=1S/C17H27FN2/c1-16(2)8-10-17(13-19,11-9-16)20(3)12-14-6-4-5-7-15(14)18/h4-7H,8-13,19H2,1-3H3. The van der Waals surface area contributed by atoms with Gasteiger partial charge in [0, 0.05) is 24.2 Å². The second-order valence-corrected chi connectivity index (χ2v) is 7.04. The minimum atomic E-state index is -0.123. The van der Waals surface area contributed by atoms with Crippen molar-refractivity contribution in [3.63, 3.8) is 0 Å². The van der Waals surface area contributed by atoms with Crippen LogP contribution in [0.2, 0.25) is 0 Å². The molecule has 0 unspecified atom stereocenters. The van der Waals surface area contributed by atoms with Gasteiger partial charge in [-0.25, -0.2) is 4.39 Å². The highest BCUT2D eigenvalue weighted by atomic mass is 19.1. The van der Waals surface area contributed by atoms with E-state index in [2.05, 4.69) is 25.8 Å². The van der Waals surface area contributed by atoms with Crippen LogP contribution in [0.5, 0.6) is 0 Å². The second kappa shape index (κ2) is 5.82. The van der Waals surface area contributed by atoms with Crippen LogP contribution in [-0.2, 0) is 6.54 Å². The van der Waals surface area contributed by atoms with Crippen LogP contribution in [0.4, 0.5) is 4.39 Å². The Morgan fingerprint density at radius 1 is 1.15 bits per heavy atom. The Balaban J connectivity index is 2.10. The first kappa shape index (κ1) is 15.5. The Morgan fingerprint density at radius 2 is 1.75 bits per heavy atom. The van der Waals surface area contributed by atoms with Gasteiger partial charge in [-0.15, -0.1) is 0 Å². The highest BCUT2D eigenvalue weighted by molar-refractivity contribution is 5.17. The summed E-state index contributed by atoms with van der Waals surface area (Å²) in [6.45, 7) is 5.92. The first-order valence-electron chi connectivity index (χ1n) is 7.53. The minimum Gasteiger partial charge on any atom is -0.329 e. The normalized spacial score (nSPS) is 21.1. The maximum absolute atomic E-state index is 13.8. The van der Waals surface area contributed by atoms with Crippen LogP contribution in [0.3, 0.4) is 0 Å². The Hall–Kier alpha value is -0.930. The van der Waals surface area contributed by atoms with Crippen molar-refractivity contribution in [3.8, 4) is 0 Å². The van der Waals surface area contributed by atoms with Crippen LogP contribution in [0.15, 0.2) is 24.3 Å². The molecule has 1 aliphatic rings. The summed E-state index contributed by atoms with van der Waals surface area (Å²) in [7, 11) is 2.08. The van der Waals surface area contributed by atoms with Crippen molar-refractivity contribution in [2.45, 2.75) is 51.6 Å². The average Bonchev–Trinajstić information content (AvgIpc) is 2.42. The smallest absolute Gasteiger partial charge is 0.127 e. The van der Waals surface area contributed by atoms with Crippen LogP contribution in [0, 0.1) is 11.2 Å². The monoisotopic (exact) mass is 278 g/mol. The van der Waals surface area contributed by atoms with E-state index in [1.807, 2.05) is 12.1 Å². The molecule has 20 heavy (non-hydrogen) atoms. The predicted octanol–water partition coefficient (Wildman–Crippen LogP) is 3.56. The molecule has 0 amide bonds. The molecule has 0 bridgehead atoms. The number of halogens is 1. The summed E-state index contributed by atoms with van der Waals surface area (Å²) in [6, 6.07) is 7.02. The number of benzene rings is 1. The molecule has 0 spiro atoms. The SMILES string of the molecule is CN(Cc1ccccc1F)C1(CN)CCC(C)(C)CC1. The molecule has 3 heteroatoms. The molecule has 112 valence electrons. The molecule has 1 aliphatic carbocycles. The summed E-state index contributed by atoms with van der Waals surface area (Å²) in [5, 5.41) is 0. The fraction of sp³-hybridized carbons (Fsp3) is 0.647. The van der Waals surface area contributed by atoms with E-state index in [0.29, 0.717) is 18.5 Å². The summed E-state index contributed by atoms with van der Waals surface area (Å²) in [5.41, 5.74) is 7.28. The molecule has 2 N–H and O–H groups in total. The number of hydrogen-bond donors (Lipinski definition) is 1. The van der Waals surface area contributed by atoms with E-state index in [1.54, 1.807) is 6.07 Å². The van der Waals surface area contributed by atoms with Gasteiger partial charge in [-0.2, -0.15) is 0 Å². The third kappa shape index (κ3) is 3.21. The largest absolute Gasteiger partial charge is 0.329 e. The van der Waals surface area contributed by atoms with E-state index in [0.717, 1.165) is 18.4 Å². The fourth-order valence-electron chi connectivity index (χ4n) is 3.18. The van der Waals surface area contributed by atoms with Gasteiger partial charge in [0.05, 0.1) is 0 Å². The molecule has 1 aromatic rings. The molecule has 1 fully saturated rings. The lowest BCUT2D eigenvalue weighted by Crippen LogP contribution is -2.54. The molecule has 2 rings (SSSR count). The summed E-state index contributed by atoms with van der Waals surface area (Å²) in [5.74, 6) is -0.123. The Morgan fingerprint density at radius 3 is 2.30 bits per heavy atom. The van der Waals surface area contributed by atoms with Crippen molar-refractivity contribution >= 4 is 0 Å². The fourth-order valence-corrected chi connectivity index (χ4v) is 3.18. The minimum absolute atomic E-state index is 0.0256. The quantitative estimate of drug-likeness (QED) is 0.912. The van der Waals surface area contributed by atoms with Gasteiger partial charge in [-0.3, -0.25) is 4.90 Å². The summed E-state index contributed by atoms with van der Waals surface area (Å²) < 4.78 is 13.8. The van der Waals surface area contributed by atoms with E-state index in [1.165, 1.54) is 18.9 Å². The zero-order valence-corrected chi connectivity index (χ0v) is 13.0. The zero-order valence-electron chi connectivity index (χ0n) is 13.0. The van der Waals surface area contributed by atoms with Gasteiger partial charge < -0.3 is 5.73 Å². The molecule has 0 aromatic heterocycles. The molecule has 2 nitrogen and oxygen atoms in total. The number of likely N-dealkylation sites (N-methyl/N-ethyl adjacent to an activating group) is 1. The molecule has 1 saturated carbocycles. The molecule has 0 radical (unpaired) electrons. The lowest BCUT2D eigenvalue weighted by atomic mass is 9.68. The number of nitrogens with zero attached hydrogens (tertiary/aromatic N) is 1. The van der Waals surface area contributed by atoms with Crippen LogP contribution < -0.4 is 5.73 Å². The van der Waals surface area contributed by atoms with Gasteiger partial charge >= 0.3 is 0 Å². The van der Waals surface area contributed by atoms with Crippen molar-refractivity contribution in [2.24, 2.45) is 11.1 Å². The molecule has 0 atom stereocenters. The van der Waals surface area contributed by atoms with E-state index < -0.39 is 0 Å². The lowest BCUT2D eigenvalue weighted by molar-refractivity contribution is 0.0358. The Bertz CT molecular complexity index is 446. The highest BCUT2D eigenvalue weighted by Crippen LogP contribution is 2.42. The van der Waals surface area contributed by atoms with Crippen molar-refractivity contribution in [2.75, 3.05) is 13.6 Å². The van der Waals surface area contributed by atoms with Crippen LogP contribution in [0.25, 0.3) is 0 Å². The van der Waals surface area contributed by atoms with E-state index in [9.17, 15) is 4.39 Å². The topological polar surface area (TPSA) is 29.3 Å².